The number of nitrogens with one attached hydrogen (secondary N) is 1. The molecule has 0 saturated carbocycles. The van der Waals surface area contributed by atoms with Crippen molar-refractivity contribution in [1.82, 2.24) is 10.2 Å². The Bertz CT molecular complexity index is 639. The number of benzene rings is 1. The summed E-state index contributed by atoms with van der Waals surface area (Å²) in [5.74, 6) is -0.765. The lowest BCUT2D eigenvalue weighted by Gasteiger charge is -2.34. The third-order valence-electron chi connectivity index (χ3n) is 4.82. The third-order valence-corrected chi connectivity index (χ3v) is 4.82. The normalized spacial score (nSPS) is 18.5. The number of carbonyl (C=O) groups is 3. The van der Waals surface area contributed by atoms with Crippen molar-refractivity contribution in [3.63, 3.8) is 0 Å². The first kappa shape index (κ1) is 19.4. The topological polar surface area (TPSA) is 102 Å². The van der Waals surface area contributed by atoms with Gasteiger partial charge in [-0.2, -0.15) is 0 Å². The highest BCUT2D eigenvalue weighted by atomic mass is 35.5. The fraction of sp³-hybridized carbons (Fsp3) is 0.471. The lowest BCUT2D eigenvalue weighted by Crippen LogP contribution is -2.50. The Morgan fingerprint density at radius 2 is 1.72 bits per heavy atom. The number of imide groups is 1. The highest BCUT2D eigenvalue weighted by molar-refractivity contribution is 6.21. The summed E-state index contributed by atoms with van der Waals surface area (Å²) in [6, 6.07) is 6.73. The standard InChI is InChI=1S/C17H21N3O4.ClH/c18-11-17(5-9-24-10-6-17)16(23)19-7-8-20-14(21)12-3-1-2-4-13(12)15(20)22;/h1-4H,5-11,18H2,(H,19,23);1H. The molecule has 8 heteroatoms. The lowest BCUT2D eigenvalue weighted by atomic mass is 9.79. The highest BCUT2D eigenvalue weighted by Gasteiger charge is 2.39. The Labute approximate surface area is 152 Å². The number of nitrogens with zero attached hydrogens (tertiary/aromatic N) is 1. The van der Waals surface area contributed by atoms with E-state index in [0.717, 1.165) is 0 Å². The van der Waals surface area contributed by atoms with Gasteiger partial charge in [-0.15, -0.1) is 12.4 Å². The number of carbonyl (C=O) groups excluding carboxylic acids is 3. The van der Waals surface area contributed by atoms with E-state index < -0.39 is 5.41 Å². The molecule has 7 nitrogen and oxygen atoms in total. The Hall–Kier alpha value is -1.96. The molecule has 0 spiro atoms. The summed E-state index contributed by atoms with van der Waals surface area (Å²) in [4.78, 5) is 38.2. The molecule has 1 aromatic carbocycles. The van der Waals surface area contributed by atoms with Crippen LogP contribution in [0.3, 0.4) is 0 Å². The fourth-order valence-electron chi connectivity index (χ4n) is 3.20. The zero-order valence-electron chi connectivity index (χ0n) is 13.8. The van der Waals surface area contributed by atoms with Gasteiger partial charge in [0.15, 0.2) is 0 Å². The van der Waals surface area contributed by atoms with Crippen molar-refractivity contribution >= 4 is 30.1 Å². The Morgan fingerprint density at radius 3 is 2.24 bits per heavy atom. The highest BCUT2D eigenvalue weighted by Crippen LogP contribution is 2.29. The number of hydrogen-bond donors (Lipinski definition) is 2. The average molecular weight is 368 g/mol. The van der Waals surface area contributed by atoms with E-state index in [0.29, 0.717) is 37.2 Å². The molecule has 136 valence electrons. The molecule has 3 N–H and O–H groups in total. The van der Waals surface area contributed by atoms with Crippen molar-refractivity contribution in [3.8, 4) is 0 Å². The number of hydrogen-bond acceptors (Lipinski definition) is 5. The lowest BCUT2D eigenvalue weighted by molar-refractivity contribution is -0.135. The van der Waals surface area contributed by atoms with E-state index in [1.807, 2.05) is 0 Å². The van der Waals surface area contributed by atoms with Crippen LogP contribution in [0.5, 0.6) is 0 Å². The van der Waals surface area contributed by atoms with E-state index in [2.05, 4.69) is 5.32 Å². The zero-order valence-corrected chi connectivity index (χ0v) is 14.6. The first-order valence-electron chi connectivity index (χ1n) is 8.10. The predicted octanol–water partition coefficient (Wildman–Crippen LogP) is 0.576. The molecule has 2 aliphatic rings. The number of ether oxygens (including phenoxy) is 1. The molecule has 0 radical (unpaired) electrons. The summed E-state index contributed by atoms with van der Waals surface area (Å²) < 4.78 is 5.29. The van der Waals surface area contributed by atoms with Gasteiger partial charge in [-0.05, 0) is 25.0 Å². The van der Waals surface area contributed by atoms with Crippen molar-refractivity contribution in [2.75, 3.05) is 32.8 Å². The summed E-state index contributed by atoms with van der Waals surface area (Å²) in [6.45, 7) is 1.66. The Kier molecular flexibility index (Phi) is 6.16. The molecule has 0 aromatic heterocycles. The molecule has 1 saturated heterocycles. The summed E-state index contributed by atoms with van der Waals surface area (Å²) in [7, 11) is 0. The van der Waals surface area contributed by atoms with Crippen LogP contribution < -0.4 is 11.1 Å². The van der Waals surface area contributed by atoms with Crippen LogP contribution in [-0.4, -0.2) is 55.5 Å². The zero-order chi connectivity index (χ0) is 17.2. The third kappa shape index (κ3) is 3.53. The minimum Gasteiger partial charge on any atom is -0.381 e. The molecule has 0 unspecified atom stereocenters. The van der Waals surface area contributed by atoms with Gasteiger partial charge in [0.25, 0.3) is 11.8 Å². The number of rotatable bonds is 5. The minimum absolute atomic E-state index is 0. The van der Waals surface area contributed by atoms with Gasteiger partial charge in [0.2, 0.25) is 5.91 Å². The largest absolute Gasteiger partial charge is 0.381 e. The van der Waals surface area contributed by atoms with Crippen molar-refractivity contribution < 1.29 is 19.1 Å². The summed E-state index contributed by atoms with van der Waals surface area (Å²) >= 11 is 0. The quantitative estimate of drug-likeness (QED) is 0.741. The van der Waals surface area contributed by atoms with E-state index >= 15 is 0 Å². The van der Waals surface area contributed by atoms with Crippen LogP contribution in [-0.2, 0) is 9.53 Å². The van der Waals surface area contributed by atoms with Crippen LogP contribution in [0.1, 0.15) is 33.6 Å². The first-order valence-corrected chi connectivity index (χ1v) is 8.10. The van der Waals surface area contributed by atoms with Crippen LogP contribution in [0.2, 0.25) is 0 Å². The van der Waals surface area contributed by atoms with Gasteiger partial charge >= 0.3 is 0 Å². The fourth-order valence-corrected chi connectivity index (χ4v) is 3.20. The number of fused-ring (bicyclic) bond motifs is 1. The smallest absolute Gasteiger partial charge is 0.261 e. The van der Waals surface area contributed by atoms with Crippen LogP contribution >= 0.6 is 12.4 Å². The molecule has 0 aliphatic carbocycles. The second kappa shape index (κ2) is 7.95. The summed E-state index contributed by atoms with van der Waals surface area (Å²) in [5.41, 5.74) is 6.02. The van der Waals surface area contributed by atoms with Crippen LogP contribution in [0, 0.1) is 5.41 Å². The minimum atomic E-state index is -0.611. The molecule has 1 aromatic rings. The van der Waals surface area contributed by atoms with Gasteiger partial charge in [-0.25, -0.2) is 0 Å². The second-order valence-electron chi connectivity index (χ2n) is 6.16. The van der Waals surface area contributed by atoms with Crippen LogP contribution in [0.15, 0.2) is 24.3 Å². The van der Waals surface area contributed by atoms with Crippen LogP contribution in [0.4, 0.5) is 0 Å². The second-order valence-corrected chi connectivity index (χ2v) is 6.16. The van der Waals surface area contributed by atoms with E-state index in [9.17, 15) is 14.4 Å². The van der Waals surface area contributed by atoms with E-state index in [1.54, 1.807) is 24.3 Å². The molecule has 3 rings (SSSR count). The Balaban J connectivity index is 0.00000225. The van der Waals surface area contributed by atoms with Crippen molar-refractivity contribution in [1.29, 1.82) is 0 Å². The van der Waals surface area contributed by atoms with Gasteiger partial charge in [0, 0.05) is 32.8 Å². The maximum absolute atomic E-state index is 12.5. The maximum Gasteiger partial charge on any atom is 0.261 e. The van der Waals surface area contributed by atoms with Crippen molar-refractivity contribution in [2.24, 2.45) is 11.1 Å². The molecule has 2 aliphatic heterocycles. The van der Waals surface area contributed by atoms with E-state index in [4.69, 9.17) is 10.5 Å². The summed E-state index contributed by atoms with van der Waals surface area (Å²) in [6.07, 6.45) is 1.17. The van der Waals surface area contributed by atoms with Crippen molar-refractivity contribution in [2.45, 2.75) is 12.8 Å². The molecular formula is C17H22ClN3O4. The van der Waals surface area contributed by atoms with Crippen LogP contribution in [0.25, 0.3) is 0 Å². The molecule has 25 heavy (non-hydrogen) atoms. The Morgan fingerprint density at radius 1 is 1.16 bits per heavy atom. The molecule has 1 fully saturated rings. The number of halogens is 1. The molecule has 2 heterocycles. The van der Waals surface area contributed by atoms with E-state index in [-0.39, 0.29) is 49.8 Å². The maximum atomic E-state index is 12.5. The monoisotopic (exact) mass is 367 g/mol. The first-order chi connectivity index (χ1) is 11.6. The van der Waals surface area contributed by atoms with Gasteiger partial charge < -0.3 is 15.8 Å². The van der Waals surface area contributed by atoms with Crippen molar-refractivity contribution in [3.05, 3.63) is 35.4 Å². The van der Waals surface area contributed by atoms with Gasteiger partial charge in [-0.3, -0.25) is 19.3 Å². The van der Waals surface area contributed by atoms with E-state index in [1.165, 1.54) is 4.90 Å². The summed E-state index contributed by atoms with van der Waals surface area (Å²) in [5, 5.41) is 2.82. The number of amides is 3. The number of nitrogens with two attached hydrogens (primary N) is 1. The molecular weight excluding hydrogens is 346 g/mol. The predicted molar refractivity (Wildman–Crippen MR) is 93.6 cm³/mol. The molecule has 0 bridgehead atoms. The van der Waals surface area contributed by atoms with Gasteiger partial charge in [-0.1, -0.05) is 12.1 Å². The molecule has 3 amide bonds. The average Bonchev–Trinajstić information content (AvgIpc) is 2.87. The SMILES string of the molecule is Cl.NCC1(C(=O)NCCN2C(=O)c3ccccc3C2=O)CCOCC1. The molecule has 0 atom stereocenters. The van der Waals surface area contributed by atoms with Gasteiger partial charge in [0.05, 0.1) is 16.5 Å². The van der Waals surface area contributed by atoms with Gasteiger partial charge in [0.1, 0.15) is 0 Å².